The number of nitrogens with zero attached hydrogens (tertiary/aromatic N) is 1. The third-order valence-electron chi connectivity index (χ3n) is 4.12. The number of aryl methyl sites for hydroxylation is 1. The lowest BCUT2D eigenvalue weighted by molar-refractivity contribution is -0.145. The molecule has 2 aromatic carbocycles. The number of piperazine rings is 1. The van der Waals surface area contributed by atoms with Crippen molar-refractivity contribution in [2.45, 2.75) is 13.0 Å². The van der Waals surface area contributed by atoms with Gasteiger partial charge in [0, 0.05) is 23.7 Å². The molecule has 1 heterocycles. The molecule has 1 aliphatic heterocycles. The predicted molar refractivity (Wildman–Crippen MR) is 95.6 cm³/mol. The summed E-state index contributed by atoms with van der Waals surface area (Å²) in [6.45, 7) is 2.68. The molecule has 25 heavy (non-hydrogen) atoms. The van der Waals surface area contributed by atoms with Crippen molar-refractivity contribution in [2.75, 3.05) is 19.7 Å². The smallest absolute Gasteiger partial charge is 0.261 e. The Morgan fingerprint density at radius 1 is 1.24 bits per heavy atom. The monoisotopic (exact) mass is 358 g/mol. The minimum atomic E-state index is -0.739. The molecule has 1 N–H and O–H groups in total. The van der Waals surface area contributed by atoms with Crippen LogP contribution in [0.1, 0.15) is 17.2 Å². The molecule has 0 saturated carbocycles. The zero-order valence-electron chi connectivity index (χ0n) is 13.9. The summed E-state index contributed by atoms with van der Waals surface area (Å²) in [5.41, 5.74) is 1.73. The standard InChI is InChI=1S/C19H19ClN2O3/c1-13-6-8-14(9-7-13)25-12-17(23)22-11-10-21-19(24)18(22)15-4-2-3-5-16(15)20/h2-9,18H,10-12H2,1H3,(H,21,24). The van der Waals surface area contributed by atoms with Crippen LogP contribution in [-0.2, 0) is 9.59 Å². The fourth-order valence-electron chi connectivity index (χ4n) is 2.80. The van der Waals surface area contributed by atoms with Crippen LogP contribution in [0.5, 0.6) is 5.75 Å². The lowest BCUT2D eigenvalue weighted by Gasteiger charge is -2.35. The summed E-state index contributed by atoms with van der Waals surface area (Å²) >= 11 is 6.23. The summed E-state index contributed by atoms with van der Waals surface area (Å²) in [5.74, 6) is 0.137. The molecule has 1 saturated heterocycles. The second-order valence-electron chi connectivity index (χ2n) is 5.90. The first-order valence-electron chi connectivity index (χ1n) is 8.07. The van der Waals surface area contributed by atoms with Crippen molar-refractivity contribution in [1.29, 1.82) is 0 Å². The van der Waals surface area contributed by atoms with E-state index in [1.807, 2.05) is 31.2 Å². The molecule has 3 rings (SSSR count). The van der Waals surface area contributed by atoms with Crippen LogP contribution < -0.4 is 10.1 Å². The molecule has 1 aliphatic rings. The molecule has 0 spiro atoms. The van der Waals surface area contributed by atoms with Crippen LogP contribution in [0.25, 0.3) is 0 Å². The number of benzene rings is 2. The van der Waals surface area contributed by atoms with E-state index in [0.717, 1.165) is 5.56 Å². The first-order valence-corrected chi connectivity index (χ1v) is 8.45. The van der Waals surface area contributed by atoms with E-state index in [9.17, 15) is 9.59 Å². The minimum Gasteiger partial charge on any atom is -0.484 e. The maximum Gasteiger partial charge on any atom is 0.261 e. The molecule has 1 atom stereocenters. The number of ether oxygens (including phenoxy) is 1. The molecule has 0 radical (unpaired) electrons. The fourth-order valence-corrected chi connectivity index (χ4v) is 3.04. The van der Waals surface area contributed by atoms with E-state index in [0.29, 0.717) is 29.4 Å². The summed E-state index contributed by atoms with van der Waals surface area (Å²) in [7, 11) is 0. The van der Waals surface area contributed by atoms with E-state index < -0.39 is 6.04 Å². The number of halogens is 1. The van der Waals surface area contributed by atoms with Crippen molar-refractivity contribution < 1.29 is 14.3 Å². The van der Waals surface area contributed by atoms with Crippen LogP contribution in [0.2, 0.25) is 5.02 Å². The second-order valence-corrected chi connectivity index (χ2v) is 6.31. The number of carbonyl (C=O) groups excluding carboxylic acids is 2. The average molecular weight is 359 g/mol. The van der Waals surface area contributed by atoms with Crippen molar-refractivity contribution in [3.8, 4) is 5.75 Å². The zero-order chi connectivity index (χ0) is 17.8. The van der Waals surface area contributed by atoms with Crippen molar-refractivity contribution in [3.05, 3.63) is 64.7 Å². The summed E-state index contributed by atoms with van der Waals surface area (Å²) in [5, 5.41) is 3.25. The highest BCUT2D eigenvalue weighted by molar-refractivity contribution is 6.31. The van der Waals surface area contributed by atoms with Gasteiger partial charge in [0.25, 0.3) is 5.91 Å². The van der Waals surface area contributed by atoms with Crippen molar-refractivity contribution in [3.63, 3.8) is 0 Å². The van der Waals surface area contributed by atoms with Gasteiger partial charge in [-0.15, -0.1) is 0 Å². The molecule has 0 bridgehead atoms. The maximum atomic E-state index is 12.7. The van der Waals surface area contributed by atoms with Gasteiger partial charge in [-0.05, 0) is 25.1 Å². The molecule has 0 aliphatic carbocycles. The van der Waals surface area contributed by atoms with Crippen molar-refractivity contribution in [2.24, 2.45) is 0 Å². The van der Waals surface area contributed by atoms with Crippen molar-refractivity contribution in [1.82, 2.24) is 10.2 Å². The summed E-state index contributed by atoms with van der Waals surface area (Å²) in [4.78, 5) is 26.5. The van der Waals surface area contributed by atoms with Gasteiger partial charge in [-0.2, -0.15) is 0 Å². The summed E-state index contributed by atoms with van der Waals surface area (Å²) in [6, 6.07) is 13.8. The lowest BCUT2D eigenvalue weighted by Crippen LogP contribution is -2.53. The third-order valence-corrected chi connectivity index (χ3v) is 4.46. The molecule has 1 fully saturated rings. The van der Waals surface area contributed by atoms with E-state index in [1.165, 1.54) is 4.90 Å². The number of nitrogens with one attached hydrogen (secondary N) is 1. The molecular formula is C19H19ClN2O3. The average Bonchev–Trinajstić information content (AvgIpc) is 2.61. The van der Waals surface area contributed by atoms with Gasteiger partial charge in [0.15, 0.2) is 6.61 Å². The highest BCUT2D eigenvalue weighted by atomic mass is 35.5. The van der Waals surface area contributed by atoms with Crippen LogP contribution >= 0.6 is 11.6 Å². The minimum absolute atomic E-state index is 0.128. The highest BCUT2D eigenvalue weighted by Crippen LogP contribution is 2.29. The number of amides is 2. The van der Waals surface area contributed by atoms with Crippen LogP contribution in [0.3, 0.4) is 0 Å². The van der Waals surface area contributed by atoms with Gasteiger partial charge in [0.2, 0.25) is 5.91 Å². The Balaban J connectivity index is 1.76. The zero-order valence-corrected chi connectivity index (χ0v) is 14.6. The Bertz CT molecular complexity index is 776. The van der Waals surface area contributed by atoms with Gasteiger partial charge in [-0.3, -0.25) is 9.59 Å². The number of carbonyl (C=O) groups is 2. The van der Waals surface area contributed by atoms with E-state index in [2.05, 4.69) is 5.32 Å². The van der Waals surface area contributed by atoms with Gasteiger partial charge < -0.3 is 15.0 Å². The largest absolute Gasteiger partial charge is 0.484 e. The Labute approximate surface area is 151 Å². The van der Waals surface area contributed by atoms with E-state index in [1.54, 1.807) is 24.3 Å². The van der Waals surface area contributed by atoms with Gasteiger partial charge in [-0.1, -0.05) is 47.5 Å². The molecule has 0 aromatic heterocycles. The van der Waals surface area contributed by atoms with E-state index >= 15 is 0 Å². The number of hydrogen-bond donors (Lipinski definition) is 1. The summed E-state index contributed by atoms with van der Waals surface area (Å²) in [6.07, 6.45) is 0. The number of rotatable bonds is 4. The van der Waals surface area contributed by atoms with Gasteiger partial charge in [0.05, 0.1) is 0 Å². The predicted octanol–water partition coefficient (Wildman–Crippen LogP) is 2.73. The second kappa shape index (κ2) is 7.57. The van der Waals surface area contributed by atoms with Crippen LogP contribution in [0.4, 0.5) is 0 Å². The maximum absolute atomic E-state index is 12.7. The van der Waals surface area contributed by atoms with Crippen LogP contribution in [0, 0.1) is 6.92 Å². The Morgan fingerprint density at radius 3 is 2.68 bits per heavy atom. The Hall–Kier alpha value is -2.53. The Morgan fingerprint density at radius 2 is 1.96 bits per heavy atom. The van der Waals surface area contributed by atoms with Gasteiger partial charge in [-0.25, -0.2) is 0 Å². The first-order chi connectivity index (χ1) is 12.1. The van der Waals surface area contributed by atoms with Gasteiger partial charge >= 0.3 is 0 Å². The van der Waals surface area contributed by atoms with E-state index in [-0.39, 0.29) is 18.4 Å². The lowest BCUT2D eigenvalue weighted by atomic mass is 10.0. The first kappa shape index (κ1) is 17.3. The summed E-state index contributed by atoms with van der Waals surface area (Å²) < 4.78 is 5.57. The molecular weight excluding hydrogens is 340 g/mol. The fraction of sp³-hybridized carbons (Fsp3) is 0.263. The van der Waals surface area contributed by atoms with Gasteiger partial charge in [0.1, 0.15) is 11.8 Å². The molecule has 1 unspecified atom stereocenters. The van der Waals surface area contributed by atoms with E-state index in [4.69, 9.17) is 16.3 Å². The number of hydrogen-bond acceptors (Lipinski definition) is 3. The molecule has 2 amide bonds. The normalized spacial score (nSPS) is 17.1. The SMILES string of the molecule is Cc1ccc(OCC(=O)N2CCNC(=O)C2c2ccccc2Cl)cc1. The molecule has 130 valence electrons. The topological polar surface area (TPSA) is 58.6 Å². The van der Waals surface area contributed by atoms with Crippen LogP contribution in [0.15, 0.2) is 48.5 Å². The highest BCUT2D eigenvalue weighted by Gasteiger charge is 2.35. The van der Waals surface area contributed by atoms with Crippen molar-refractivity contribution >= 4 is 23.4 Å². The molecule has 2 aromatic rings. The Kier molecular flexibility index (Phi) is 5.24. The molecule has 6 heteroatoms. The third kappa shape index (κ3) is 3.94. The molecule has 5 nitrogen and oxygen atoms in total. The quantitative estimate of drug-likeness (QED) is 0.914. The van der Waals surface area contributed by atoms with Crippen LogP contribution in [-0.4, -0.2) is 36.4 Å².